The zero-order chi connectivity index (χ0) is 15.8. The summed E-state index contributed by atoms with van der Waals surface area (Å²) in [5, 5.41) is 12.4. The highest BCUT2D eigenvalue weighted by Gasteiger charge is 2.21. The average Bonchev–Trinajstić information content (AvgIpc) is 2.43. The molecule has 0 aliphatic rings. The van der Waals surface area contributed by atoms with Crippen LogP contribution in [0, 0.1) is 6.92 Å². The zero-order valence-electron chi connectivity index (χ0n) is 12.3. The normalized spacial score (nSPS) is 9.67. The molecule has 1 aromatic carbocycles. The molecule has 0 amide bonds. The summed E-state index contributed by atoms with van der Waals surface area (Å²) in [5.41, 5.74) is 1.03. The number of ether oxygens (including phenoxy) is 2. The Kier molecular flexibility index (Phi) is 6.26. The van der Waals surface area contributed by atoms with E-state index in [4.69, 9.17) is 9.47 Å². The molecule has 0 heterocycles. The van der Waals surface area contributed by atoms with Gasteiger partial charge in [-0.15, -0.1) is 0 Å². The molecule has 0 unspecified atom stereocenters. The smallest absolute Gasteiger partial charge is 0.347 e. The van der Waals surface area contributed by atoms with Crippen LogP contribution in [0.5, 0.6) is 5.75 Å². The van der Waals surface area contributed by atoms with Crippen LogP contribution in [0.3, 0.4) is 0 Å². The molecule has 0 bridgehead atoms. The summed E-state index contributed by atoms with van der Waals surface area (Å²) in [5.74, 6) is -1.56. The Labute approximate surface area is 123 Å². The second kappa shape index (κ2) is 7.94. The Morgan fingerprint density at radius 3 is 2.29 bits per heavy atom. The predicted octanol–water partition coefficient (Wildman–Crippen LogP) is 2.12. The number of hydrogen-bond acceptors (Lipinski definition) is 6. The molecule has 21 heavy (non-hydrogen) atoms. The number of carbonyl (C=O) groups excluding carboxylic acids is 2. The van der Waals surface area contributed by atoms with E-state index in [-0.39, 0.29) is 24.5 Å². The molecule has 0 saturated heterocycles. The maximum atomic E-state index is 11.7. The van der Waals surface area contributed by atoms with Crippen LogP contribution in [0.25, 0.3) is 0 Å². The minimum Gasteiger partial charge on any atom is -0.506 e. The van der Waals surface area contributed by atoms with Crippen LogP contribution >= 0.6 is 0 Å². The van der Waals surface area contributed by atoms with Crippen molar-refractivity contribution in [2.75, 3.05) is 18.5 Å². The first-order chi connectivity index (χ1) is 9.99. The van der Waals surface area contributed by atoms with Gasteiger partial charge in [0.2, 0.25) is 0 Å². The third-order valence-electron chi connectivity index (χ3n) is 2.51. The number of aromatic hydroxyl groups is 1. The maximum Gasteiger partial charge on any atom is 0.347 e. The van der Waals surface area contributed by atoms with Crippen molar-refractivity contribution >= 4 is 17.6 Å². The molecule has 6 heteroatoms. The van der Waals surface area contributed by atoms with E-state index in [1.807, 2.05) is 6.92 Å². The highest BCUT2D eigenvalue weighted by Crippen LogP contribution is 2.24. The summed E-state index contributed by atoms with van der Waals surface area (Å²) >= 11 is 0. The number of anilines is 1. The van der Waals surface area contributed by atoms with Gasteiger partial charge in [-0.3, -0.25) is 0 Å². The summed E-state index contributed by atoms with van der Waals surface area (Å²) in [6, 6.07) is 4.93. The lowest BCUT2D eigenvalue weighted by molar-refractivity contribution is -0.146. The number of carbonyl (C=O) groups is 2. The lowest BCUT2D eigenvalue weighted by Gasteiger charge is -2.09. The van der Waals surface area contributed by atoms with Gasteiger partial charge >= 0.3 is 11.9 Å². The van der Waals surface area contributed by atoms with E-state index >= 15 is 0 Å². The Bertz CT molecular complexity index is 531. The third kappa shape index (κ3) is 4.83. The number of rotatable bonds is 6. The van der Waals surface area contributed by atoms with Crippen molar-refractivity contribution in [3.63, 3.8) is 0 Å². The fraction of sp³-hybridized carbons (Fsp3) is 0.333. The highest BCUT2D eigenvalue weighted by molar-refractivity contribution is 6.14. The van der Waals surface area contributed by atoms with Crippen LogP contribution in [0.1, 0.15) is 19.4 Å². The minimum atomic E-state index is -0.782. The van der Waals surface area contributed by atoms with E-state index in [2.05, 4.69) is 5.32 Å². The van der Waals surface area contributed by atoms with Crippen LogP contribution in [0.2, 0.25) is 0 Å². The van der Waals surface area contributed by atoms with E-state index < -0.39 is 11.9 Å². The van der Waals surface area contributed by atoms with E-state index in [0.717, 1.165) is 5.56 Å². The van der Waals surface area contributed by atoms with Crippen molar-refractivity contribution < 1.29 is 24.2 Å². The fourth-order valence-corrected chi connectivity index (χ4v) is 1.53. The molecular weight excluding hydrogens is 274 g/mol. The Hall–Kier alpha value is -2.50. The standard InChI is InChI=1S/C15H19NO5/c1-4-20-14(18)11(15(19)21-5-2)9-16-12-8-10(3)6-7-13(12)17/h6-9,16-17H,4-5H2,1-3H3. The molecule has 2 N–H and O–H groups in total. The quantitative estimate of drug-likeness (QED) is 0.275. The monoisotopic (exact) mass is 293 g/mol. The number of phenols is 1. The summed E-state index contributed by atoms with van der Waals surface area (Å²) in [7, 11) is 0. The van der Waals surface area contributed by atoms with Gasteiger partial charge < -0.3 is 19.9 Å². The molecule has 114 valence electrons. The van der Waals surface area contributed by atoms with Gasteiger partial charge in [-0.05, 0) is 38.5 Å². The first kappa shape index (κ1) is 16.6. The van der Waals surface area contributed by atoms with Gasteiger partial charge in [-0.1, -0.05) is 6.07 Å². The minimum absolute atomic E-state index is 0.00363. The topological polar surface area (TPSA) is 84.9 Å². The zero-order valence-corrected chi connectivity index (χ0v) is 12.3. The van der Waals surface area contributed by atoms with Crippen LogP contribution in [-0.4, -0.2) is 30.3 Å². The second-order valence-corrected chi connectivity index (χ2v) is 4.16. The lowest BCUT2D eigenvalue weighted by atomic mass is 10.2. The summed E-state index contributed by atoms with van der Waals surface area (Å²) in [6.45, 7) is 5.42. The molecular formula is C15H19NO5. The summed E-state index contributed by atoms with van der Waals surface area (Å²) < 4.78 is 9.61. The average molecular weight is 293 g/mol. The first-order valence-corrected chi connectivity index (χ1v) is 6.60. The van der Waals surface area contributed by atoms with E-state index in [1.165, 1.54) is 12.3 Å². The van der Waals surface area contributed by atoms with Crippen molar-refractivity contribution in [1.29, 1.82) is 0 Å². The van der Waals surface area contributed by atoms with Crippen molar-refractivity contribution in [3.8, 4) is 5.75 Å². The van der Waals surface area contributed by atoms with E-state index in [0.29, 0.717) is 5.69 Å². The number of esters is 2. The highest BCUT2D eigenvalue weighted by atomic mass is 16.6. The lowest BCUT2D eigenvalue weighted by Crippen LogP contribution is -2.19. The van der Waals surface area contributed by atoms with Crippen molar-refractivity contribution in [2.24, 2.45) is 0 Å². The van der Waals surface area contributed by atoms with E-state index in [9.17, 15) is 14.7 Å². The Morgan fingerprint density at radius 1 is 1.19 bits per heavy atom. The Morgan fingerprint density at radius 2 is 1.76 bits per heavy atom. The molecule has 0 aliphatic heterocycles. The summed E-state index contributed by atoms with van der Waals surface area (Å²) in [4.78, 5) is 23.5. The molecule has 0 fully saturated rings. The van der Waals surface area contributed by atoms with Crippen molar-refractivity contribution in [3.05, 3.63) is 35.5 Å². The van der Waals surface area contributed by atoms with E-state index in [1.54, 1.807) is 26.0 Å². The largest absolute Gasteiger partial charge is 0.506 e. The van der Waals surface area contributed by atoms with Crippen LogP contribution in [0.15, 0.2) is 30.0 Å². The predicted molar refractivity (Wildman–Crippen MR) is 77.8 cm³/mol. The molecule has 0 aliphatic carbocycles. The Balaban J connectivity index is 2.99. The molecule has 0 radical (unpaired) electrons. The van der Waals surface area contributed by atoms with Gasteiger partial charge in [-0.25, -0.2) is 9.59 Å². The second-order valence-electron chi connectivity index (χ2n) is 4.16. The van der Waals surface area contributed by atoms with Crippen LogP contribution < -0.4 is 5.32 Å². The number of hydrogen-bond donors (Lipinski definition) is 2. The number of phenolic OH excluding ortho intramolecular Hbond substituents is 1. The van der Waals surface area contributed by atoms with Crippen molar-refractivity contribution in [2.45, 2.75) is 20.8 Å². The van der Waals surface area contributed by atoms with Gasteiger partial charge in [0.15, 0.2) is 5.57 Å². The molecule has 0 saturated carbocycles. The SMILES string of the molecule is CCOC(=O)C(=CNc1cc(C)ccc1O)C(=O)OCC. The number of aryl methyl sites for hydroxylation is 1. The fourth-order valence-electron chi connectivity index (χ4n) is 1.53. The van der Waals surface area contributed by atoms with Gasteiger partial charge in [-0.2, -0.15) is 0 Å². The van der Waals surface area contributed by atoms with Crippen LogP contribution in [-0.2, 0) is 19.1 Å². The maximum absolute atomic E-state index is 11.7. The number of benzene rings is 1. The summed E-state index contributed by atoms with van der Waals surface area (Å²) in [6.07, 6.45) is 1.17. The van der Waals surface area contributed by atoms with Gasteiger partial charge in [0.25, 0.3) is 0 Å². The molecule has 1 aromatic rings. The van der Waals surface area contributed by atoms with Gasteiger partial charge in [0, 0.05) is 6.20 Å². The molecule has 6 nitrogen and oxygen atoms in total. The van der Waals surface area contributed by atoms with Gasteiger partial charge in [0.1, 0.15) is 5.75 Å². The molecule has 1 rings (SSSR count). The molecule has 0 aromatic heterocycles. The number of nitrogens with one attached hydrogen (secondary N) is 1. The third-order valence-corrected chi connectivity index (χ3v) is 2.51. The molecule has 0 atom stereocenters. The first-order valence-electron chi connectivity index (χ1n) is 6.60. The van der Waals surface area contributed by atoms with Crippen molar-refractivity contribution in [1.82, 2.24) is 0 Å². The molecule has 0 spiro atoms. The van der Waals surface area contributed by atoms with Gasteiger partial charge in [0.05, 0.1) is 18.9 Å². The van der Waals surface area contributed by atoms with Crippen LogP contribution in [0.4, 0.5) is 5.69 Å².